The van der Waals surface area contributed by atoms with Gasteiger partial charge in [-0.25, -0.2) is 4.98 Å². The summed E-state index contributed by atoms with van der Waals surface area (Å²) in [6.45, 7) is 4.01. The number of likely N-dealkylation sites (tertiary alicyclic amines) is 1. The molecular formula is C24H27N3OS. The normalized spacial score (nSPS) is 14.2. The topological polar surface area (TPSA) is 45.2 Å². The predicted molar refractivity (Wildman–Crippen MR) is 118 cm³/mol. The molecule has 1 aliphatic rings. The first-order valence-corrected chi connectivity index (χ1v) is 11.2. The Labute approximate surface area is 176 Å². The molecule has 0 unspecified atom stereocenters. The highest BCUT2D eigenvalue weighted by Crippen LogP contribution is 2.16. The van der Waals surface area contributed by atoms with Crippen molar-refractivity contribution in [1.82, 2.24) is 15.2 Å². The molecule has 1 fully saturated rings. The Balaban J connectivity index is 1.22. The minimum atomic E-state index is 0.0164. The fourth-order valence-electron chi connectivity index (χ4n) is 3.67. The van der Waals surface area contributed by atoms with Crippen LogP contribution in [0.1, 0.15) is 40.2 Å². The van der Waals surface area contributed by atoms with Crippen LogP contribution < -0.4 is 5.32 Å². The van der Waals surface area contributed by atoms with Crippen LogP contribution in [-0.4, -0.2) is 28.9 Å². The van der Waals surface area contributed by atoms with Crippen LogP contribution in [0, 0.1) is 0 Å². The van der Waals surface area contributed by atoms with Crippen LogP contribution in [0.25, 0.3) is 0 Å². The van der Waals surface area contributed by atoms with Gasteiger partial charge in [-0.05, 0) is 42.6 Å². The number of rotatable bonds is 8. The van der Waals surface area contributed by atoms with Gasteiger partial charge in [-0.3, -0.25) is 9.69 Å². The second-order valence-electron chi connectivity index (χ2n) is 7.65. The maximum absolute atomic E-state index is 12.3. The lowest BCUT2D eigenvalue weighted by Gasteiger charge is -2.14. The van der Waals surface area contributed by atoms with E-state index in [1.807, 2.05) is 23.6 Å². The van der Waals surface area contributed by atoms with E-state index in [2.05, 4.69) is 51.6 Å². The third-order valence-corrected chi connectivity index (χ3v) is 6.15. The molecule has 29 heavy (non-hydrogen) atoms. The molecule has 0 aliphatic carbocycles. The minimum Gasteiger partial charge on any atom is -0.352 e. The number of aromatic nitrogens is 1. The first kappa shape index (κ1) is 19.8. The summed E-state index contributed by atoms with van der Waals surface area (Å²) in [7, 11) is 0. The molecule has 2 heterocycles. The zero-order valence-electron chi connectivity index (χ0n) is 16.6. The van der Waals surface area contributed by atoms with E-state index in [-0.39, 0.29) is 5.91 Å². The molecule has 2 aromatic carbocycles. The maximum Gasteiger partial charge on any atom is 0.226 e. The molecule has 0 atom stereocenters. The smallest absolute Gasteiger partial charge is 0.226 e. The average Bonchev–Trinajstić information content (AvgIpc) is 3.40. The standard InChI is InChI=1S/C24H27N3OS/c28-23(15-22-18-29-24(26-22)14-19-6-2-1-3-7-19)25-16-20-8-10-21(11-9-20)17-27-12-4-5-13-27/h1-3,6-11,18H,4-5,12-17H2,(H,25,28). The number of carbonyl (C=O) groups is 1. The summed E-state index contributed by atoms with van der Waals surface area (Å²) in [5.74, 6) is 0.0164. The molecule has 150 valence electrons. The molecule has 0 radical (unpaired) electrons. The Morgan fingerprint density at radius 2 is 1.69 bits per heavy atom. The summed E-state index contributed by atoms with van der Waals surface area (Å²) in [6.07, 6.45) is 3.78. The van der Waals surface area contributed by atoms with Crippen molar-refractivity contribution in [2.45, 2.75) is 38.8 Å². The van der Waals surface area contributed by atoms with Crippen molar-refractivity contribution in [3.63, 3.8) is 0 Å². The van der Waals surface area contributed by atoms with Gasteiger partial charge in [0.05, 0.1) is 17.1 Å². The van der Waals surface area contributed by atoms with Gasteiger partial charge >= 0.3 is 0 Å². The predicted octanol–water partition coefficient (Wildman–Crippen LogP) is 4.19. The van der Waals surface area contributed by atoms with E-state index in [4.69, 9.17) is 0 Å². The van der Waals surface area contributed by atoms with Crippen LogP contribution in [0.4, 0.5) is 0 Å². The van der Waals surface area contributed by atoms with E-state index in [1.54, 1.807) is 11.3 Å². The molecule has 0 spiro atoms. The van der Waals surface area contributed by atoms with E-state index >= 15 is 0 Å². The van der Waals surface area contributed by atoms with E-state index < -0.39 is 0 Å². The van der Waals surface area contributed by atoms with Gasteiger partial charge in [0.25, 0.3) is 0 Å². The van der Waals surface area contributed by atoms with Gasteiger partial charge in [-0.1, -0.05) is 54.6 Å². The zero-order chi connectivity index (χ0) is 19.9. The van der Waals surface area contributed by atoms with Crippen molar-refractivity contribution in [2.75, 3.05) is 13.1 Å². The highest BCUT2D eigenvalue weighted by atomic mass is 32.1. The maximum atomic E-state index is 12.3. The Kier molecular flexibility index (Phi) is 6.70. The average molecular weight is 406 g/mol. The minimum absolute atomic E-state index is 0.0164. The van der Waals surface area contributed by atoms with Gasteiger partial charge in [0.2, 0.25) is 5.91 Å². The molecule has 5 heteroatoms. The first-order chi connectivity index (χ1) is 14.2. The number of thiazole rings is 1. The van der Waals surface area contributed by atoms with Gasteiger partial charge < -0.3 is 5.32 Å². The number of hydrogen-bond donors (Lipinski definition) is 1. The van der Waals surface area contributed by atoms with Gasteiger partial charge in [-0.2, -0.15) is 0 Å². The molecule has 4 nitrogen and oxygen atoms in total. The second kappa shape index (κ2) is 9.81. The fraction of sp³-hybridized carbons (Fsp3) is 0.333. The van der Waals surface area contributed by atoms with Crippen molar-refractivity contribution in [3.05, 3.63) is 87.4 Å². The van der Waals surface area contributed by atoms with Crippen molar-refractivity contribution in [2.24, 2.45) is 0 Å². The number of hydrogen-bond acceptors (Lipinski definition) is 4. The summed E-state index contributed by atoms with van der Waals surface area (Å²) in [5, 5.41) is 6.05. The van der Waals surface area contributed by atoms with Crippen LogP contribution in [0.5, 0.6) is 0 Å². The molecular weight excluding hydrogens is 378 g/mol. The first-order valence-electron chi connectivity index (χ1n) is 10.3. The van der Waals surface area contributed by atoms with Crippen LogP contribution in [0.15, 0.2) is 60.0 Å². The molecule has 1 saturated heterocycles. The lowest BCUT2D eigenvalue weighted by Crippen LogP contribution is -2.24. The quantitative estimate of drug-likeness (QED) is 0.611. The fourth-order valence-corrected chi connectivity index (χ4v) is 4.50. The third-order valence-electron chi connectivity index (χ3n) is 5.26. The van der Waals surface area contributed by atoms with Crippen LogP contribution in [0.2, 0.25) is 0 Å². The zero-order valence-corrected chi connectivity index (χ0v) is 17.5. The summed E-state index contributed by atoms with van der Waals surface area (Å²) in [5.41, 5.74) is 4.56. The van der Waals surface area contributed by atoms with Gasteiger partial charge in [0, 0.05) is 24.9 Å². The SMILES string of the molecule is O=C(Cc1csc(Cc2ccccc2)n1)NCc1ccc(CN2CCCC2)cc1. The Hall–Kier alpha value is -2.50. The lowest BCUT2D eigenvalue weighted by molar-refractivity contribution is -0.120. The van der Waals surface area contributed by atoms with E-state index in [9.17, 15) is 4.79 Å². The van der Waals surface area contributed by atoms with Crippen molar-refractivity contribution in [1.29, 1.82) is 0 Å². The molecule has 1 aliphatic heterocycles. The highest BCUT2D eigenvalue weighted by Gasteiger charge is 2.12. The molecule has 1 amide bonds. The number of carbonyl (C=O) groups excluding carboxylic acids is 1. The second-order valence-corrected chi connectivity index (χ2v) is 8.59. The Morgan fingerprint density at radius 3 is 2.45 bits per heavy atom. The van der Waals surface area contributed by atoms with E-state index in [0.29, 0.717) is 13.0 Å². The van der Waals surface area contributed by atoms with Gasteiger partial charge in [0.15, 0.2) is 0 Å². The molecule has 1 aromatic heterocycles. The lowest BCUT2D eigenvalue weighted by atomic mass is 10.1. The molecule has 3 aromatic rings. The summed E-state index contributed by atoms with van der Waals surface area (Å²) in [4.78, 5) is 19.4. The summed E-state index contributed by atoms with van der Waals surface area (Å²) in [6, 6.07) is 18.9. The number of benzene rings is 2. The molecule has 0 saturated carbocycles. The molecule has 0 bridgehead atoms. The number of amides is 1. The Morgan fingerprint density at radius 1 is 0.966 bits per heavy atom. The third kappa shape index (κ3) is 5.99. The van der Waals surface area contributed by atoms with Crippen LogP contribution >= 0.6 is 11.3 Å². The molecule has 4 rings (SSSR count). The van der Waals surface area contributed by atoms with Crippen LogP contribution in [0.3, 0.4) is 0 Å². The molecule has 1 N–H and O–H groups in total. The van der Waals surface area contributed by atoms with E-state index in [1.165, 1.54) is 37.1 Å². The van der Waals surface area contributed by atoms with Crippen molar-refractivity contribution < 1.29 is 4.79 Å². The summed E-state index contributed by atoms with van der Waals surface area (Å²) >= 11 is 1.62. The number of nitrogens with one attached hydrogen (secondary N) is 1. The van der Waals surface area contributed by atoms with Crippen molar-refractivity contribution in [3.8, 4) is 0 Å². The van der Waals surface area contributed by atoms with E-state index in [0.717, 1.165) is 29.2 Å². The highest BCUT2D eigenvalue weighted by molar-refractivity contribution is 7.09. The van der Waals surface area contributed by atoms with Crippen LogP contribution in [-0.2, 0) is 30.7 Å². The summed E-state index contributed by atoms with van der Waals surface area (Å²) < 4.78 is 0. The van der Waals surface area contributed by atoms with Crippen molar-refractivity contribution >= 4 is 17.2 Å². The Bertz CT molecular complexity index is 915. The largest absolute Gasteiger partial charge is 0.352 e. The number of nitrogens with zero attached hydrogens (tertiary/aromatic N) is 2. The van der Waals surface area contributed by atoms with Gasteiger partial charge in [0.1, 0.15) is 0 Å². The van der Waals surface area contributed by atoms with Gasteiger partial charge in [-0.15, -0.1) is 11.3 Å². The monoisotopic (exact) mass is 405 g/mol.